The summed E-state index contributed by atoms with van der Waals surface area (Å²) >= 11 is 0. The molecule has 1 saturated heterocycles. The Morgan fingerprint density at radius 2 is 1.93 bits per heavy atom. The summed E-state index contributed by atoms with van der Waals surface area (Å²) in [6.07, 6.45) is 3.32. The standard InChI is InChI=1S/C10H21NO2S/c1-10(2,3)14(12,13)8-9-6-4-5-7-11-9/h9,11H,4-8H2,1-3H3. The van der Waals surface area contributed by atoms with E-state index in [9.17, 15) is 8.42 Å². The minimum atomic E-state index is -2.96. The molecule has 0 aromatic carbocycles. The van der Waals surface area contributed by atoms with Gasteiger partial charge in [-0.05, 0) is 40.2 Å². The number of piperidine rings is 1. The van der Waals surface area contributed by atoms with Crippen LogP contribution in [0, 0.1) is 0 Å². The second-order valence-corrected chi connectivity index (χ2v) is 7.83. The first kappa shape index (κ1) is 12.0. The highest BCUT2D eigenvalue weighted by molar-refractivity contribution is 7.92. The molecular formula is C10H21NO2S. The van der Waals surface area contributed by atoms with Gasteiger partial charge in [0.2, 0.25) is 0 Å². The highest BCUT2D eigenvalue weighted by atomic mass is 32.2. The van der Waals surface area contributed by atoms with Crippen molar-refractivity contribution in [3.63, 3.8) is 0 Å². The van der Waals surface area contributed by atoms with E-state index in [1.54, 1.807) is 20.8 Å². The summed E-state index contributed by atoms with van der Waals surface area (Å²) in [4.78, 5) is 0. The van der Waals surface area contributed by atoms with E-state index in [1.807, 2.05) is 0 Å². The van der Waals surface area contributed by atoms with Gasteiger partial charge in [-0.2, -0.15) is 0 Å². The molecule has 1 unspecified atom stereocenters. The smallest absolute Gasteiger partial charge is 0.156 e. The van der Waals surface area contributed by atoms with E-state index in [2.05, 4.69) is 5.32 Å². The van der Waals surface area contributed by atoms with Gasteiger partial charge in [0, 0.05) is 6.04 Å². The van der Waals surface area contributed by atoms with E-state index < -0.39 is 14.6 Å². The van der Waals surface area contributed by atoms with Crippen LogP contribution in [0.3, 0.4) is 0 Å². The Bertz CT molecular complexity index is 271. The van der Waals surface area contributed by atoms with Crippen LogP contribution in [0.25, 0.3) is 0 Å². The van der Waals surface area contributed by atoms with Gasteiger partial charge < -0.3 is 5.32 Å². The first-order chi connectivity index (χ1) is 6.33. The lowest BCUT2D eigenvalue weighted by molar-refractivity contribution is 0.421. The quantitative estimate of drug-likeness (QED) is 0.762. The predicted molar refractivity (Wildman–Crippen MR) is 59.2 cm³/mol. The minimum Gasteiger partial charge on any atom is -0.313 e. The number of sulfone groups is 1. The zero-order valence-corrected chi connectivity index (χ0v) is 10.2. The zero-order chi connectivity index (χ0) is 10.8. The van der Waals surface area contributed by atoms with Crippen molar-refractivity contribution in [2.75, 3.05) is 12.3 Å². The summed E-state index contributed by atoms with van der Waals surface area (Å²) in [5, 5.41) is 3.27. The van der Waals surface area contributed by atoms with E-state index in [0.29, 0.717) is 0 Å². The van der Waals surface area contributed by atoms with Crippen LogP contribution in [0.1, 0.15) is 40.0 Å². The molecule has 14 heavy (non-hydrogen) atoms. The molecule has 0 amide bonds. The average Bonchev–Trinajstić information content (AvgIpc) is 2.03. The fraction of sp³-hybridized carbons (Fsp3) is 1.00. The van der Waals surface area contributed by atoms with E-state index >= 15 is 0 Å². The lowest BCUT2D eigenvalue weighted by atomic mass is 10.1. The fourth-order valence-corrected chi connectivity index (χ4v) is 2.90. The van der Waals surface area contributed by atoms with E-state index in [0.717, 1.165) is 19.4 Å². The lowest BCUT2D eigenvalue weighted by Gasteiger charge is -2.27. The summed E-state index contributed by atoms with van der Waals surface area (Å²) in [7, 11) is -2.96. The van der Waals surface area contributed by atoms with E-state index in [1.165, 1.54) is 6.42 Å². The zero-order valence-electron chi connectivity index (χ0n) is 9.34. The van der Waals surface area contributed by atoms with Gasteiger partial charge in [0.25, 0.3) is 0 Å². The molecule has 1 fully saturated rings. The van der Waals surface area contributed by atoms with Crippen molar-refractivity contribution < 1.29 is 8.42 Å². The summed E-state index contributed by atoms with van der Waals surface area (Å²) in [6.45, 7) is 6.27. The molecule has 0 aliphatic carbocycles. The van der Waals surface area contributed by atoms with Gasteiger partial charge in [0.05, 0.1) is 10.5 Å². The van der Waals surface area contributed by atoms with Crippen LogP contribution in [0.5, 0.6) is 0 Å². The van der Waals surface area contributed by atoms with Gasteiger partial charge in [0.15, 0.2) is 9.84 Å². The Morgan fingerprint density at radius 3 is 2.36 bits per heavy atom. The maximum atomic E-state index is 11.9. The third-order valence-corrected chi connectivity index (χ3v) is 5.47. The summed E-state index contributed by atoms with van der Waals surface area (Å²) in [5.74, 6) is 0.288. The summed E-state index contributed by atoms with van der Waals surface area (Å²) in [5.41, 5.74) is 0. The van der Waals surface area contributed by atoms with Gasteiger partial charge >= 0.3 is 0 Å². The maximum Gasteiger partial charge on any atom is 0.156 e. The molecule has 1 heterocycles. The van der Waals surface area contributed by atoms with E-state index in [4.69, 9.17) is 0 Å². The molecule has 1 N–H and O–H groups in total. The first-order valence-electron chi connectivity index (χ1n) is 5.28. The third-order valence-electron chi connectivity index (χ3n) is 2.77. The van der Waals surface area contributed by atoms with Gasteiger partial charge in [-0.25, -0.2) is 8.42 Å². The molecule has 0 saturated carbocycles. The number of nitrogens with one attached hydrogen (secondary N) is 1. The van der Waals surface area contributed by atoms with Crippen molar-refractivity contribution in [2.24, 2.45) is 0 Å². The molecule has 1 aliphatic rings. The number of rotatable bonds is 2. The number of hydrogen-bond donors (Lipinski definition) is 1. The summed E-state index contributed by atoms with van der Waals surface area (Å²) < 4.78 is 23.1. The number of hydrogen-bond acceptors (Lipinski definition) is 3. The maximum absolute atomic E-state index is 11.9. The molecule has 0 spiro atoms. The third kappa shape index (κ3) is 2.95. The molecule has 1 atom stereocenters. The second kappa shape index (κ2) is 4.19. The Balaban J connectivity index is 2.58. The molecule has 0 aromatic heterocycles. The molecule has 4 heteroatoms. The highest BCUT2D eigenvalue weighted by Crippen LogP contribution is 2.19. The van der Waals surface area contributed by atoms with Gasteiger partial charge in [-0.3, -0.25) is 0 Å². The van der Waals surface area contributed by atoms with Crippen molar-refractivity contribution in [1.82, 2.24) is 5.32 Å². The Morgan fingerprint density at radius 1 is 1.29 bits per heavy atom. The van der Waals surface area contributed by atoms with Crippen LogP contribution in [0.2, 0.25) is 0 Å². The van der Waals surface area contributed by atoms with Crippen LogP contribution < -0.4 is 5.32 Å². The van der Waals surface area contributed by atoms with Crippen LogP contribution >= 0.6 is 0 Å². The van der Waals surface area contributed by atoms with Gasteiger partial charge in [-0.1, -0.05) is 6.42 Å². The predicted octanol–water partition coefficient (Wildman–Crippen LogP) is 1.34. The van der Waals surface area contributed by atoms with Crippen LogP contribution in [0.15, 0.2) is 0 Å². The van der Waals surface area contributed by atoms with Gasteiger partial charge in [0.1, 0.15) is 0 Å². The van der Waals surface area contributed by atoms with Crippen LogP contribution in [-0.4, -0.2) is 31.5 Å². The second-order valence-electron chi connectivity index (χ2n) is 5.04. The molecule has 0 bridgehead atoms. The van der Waals surface area contributed by atoms with Crippen molar-refractivity contribution in [3.8, 4) is 0 Å². The molecular weight excluding hydrogens is 198 g/mol. The molecule has 0 aromatic rings. The van der Waals surface area contributed by atoms with E-state index in [-0.39, 0.29) is 11.8 Å². The molecule has 84 valence electrons. The van der Waals surface area contributed by atoms with Crippen LogP contribution in [0.4, 0.5) is 0 Å². The van der Waals surface area contributed by atoms with Gasteiger partial charge in [-0.15, -0.1) is 0 Å². The minimum absolute atomic E-state index is 0.174. The molecule has 3 nitrogen and oxygen atoms in total. The van der Waals surface area contributed by atoms with Crippen molar-refractivity contribution in [2.45, 2.75) is 50.8 Å². The largest absolute Gasteiger partial charge is 0.313 e. The average molecular weight is 219 g/mol. The fourth-order valence-electron chi connectivity index (χ4n) is 1.58. The lowest BCUT2D eigenvalue weighted by Crippen LogP contribution is -2.43. The highest BCUT2D eigenvalue weighted by Gasteiger charge is 2.31. The van der Waals surface area contributed by atoms with Crippen molar-refractivity contribution in [3.05, 3.63) is 0 Å². The normalized spacial score (nSPS) is 24.9. The molecule has 0 radical (unpaired) electrons. The Labute approximate surface area is 87.2 Å². The summed E-state index contributed by atoms with van der Waals surface area (Å²) in [6, 6.07) is 0.174. The first-order valence-corrected chi connectivity index (χ1v) is 6.94. The van der Waals surface area contributed by atoms with Crippen molar-refractivity contribution in [1.29, 1.82) is 0 Å². The van der Waals surface area contributed by atoms with Crippen LogP contribution in [-0.2, 0) is 9.84 Å². The molecule has 1 aliphatic heterocycles. The molecule has 1 rings (SSSR count). The SMILES string of the molecule is CC(C)(C)S(=O)(=O)CC1CCCCN1. The Hall–Kier alpha value is -0.0900. The monoisotopic (exact) mass is 219 g/mol. The van der Waals surface area contributed by atoms with Crippen molar-refractivity contribution >= 4 is 9.84 Å². The Kier molecular flexibility index (Phi) is 3.58. The topological polar surface area (TPSA) is 46.2 Å².